The van der Waals surface area contributed by atoms with Gasteiger partial charge in [0, 0.05) is 23.1 Å². The number of ether oxygens (including phenoxy) is 2. The number of ketones is 1. The van der Waals surface area contributed by atoms with Gasteiger partial charge in [0.1, 0.15) is 0 Å². The summed E-state index contributed by atoms with van der Waals surface area (Å²) in [5.74, 6) is 1.19. The van der Waals surface area contributed by atoms with Crippen molar-refractivity contribution in [3.63, 3.8) is 0 Å². The minimum absolute atomic E-state index is 0.0222. The van der Waals surface area contributed by atoms with Gasteiger partial charge in [-0.05, 0) is 37.3 Å². The molecule has 0 aliphatic rings. The first-order valence-electron chi connectivity index (χ1n) is 7.76. The Balaban J connectivity index is 1.93. The fourth-order valence-electron chi connectivity index (χ4n) is 2.79. The van der Waals surface area contributed by atoms with E-state index in [4.69, 9.17) is 9.47 Å². The molecule has 0 radical (unpaired) electrons. The molecular weight excluding hydrogens is 302 g/mol. The third kappa shape index (κ3) is 3.08. The Hall–Kier alpha value is -2.88. The number of methoxy groups -OCH3 is 2. The molecule has 24 heavy (non-hydrogen) atoms. The molecule has 0 atom stereocenters. The van der Waals surface area contributed by atoms with Crippen molar-refractivity contribution in [2.45, 2.75) is 13.5 Å². The predicted octanol–water partition coefficient (Wildman–Crippen LogP) is 3.34. The maximum Gasteiger partial charge on any atom is 0.227 e. The van der Waals surface area contributed by atoms with Gasteiger partial charge in [0.15, 0.2) is 17.7 Å². The van der Waals surface area contributed by atoms with Crippen LogP contribution < -0.4 is 14.0 Å². The standard InChI is InChI=1S/C20H20NO3/c1-14-6-8-17-15(11-14)5-4-10-21(17)13-18(22)16-7-9-19(23-2)20(12-16)24-3/h4-12H,13H2,1-3H3/q+1. The summed E-state index contributed by atoms with van der Waals surface area (Å²) in [6, 6.07) is 15.5. The molecule has 0 spiro atoms. The molecule has 2 aromatic carbocycles. The first-order valence-corrected chi connectivity index (χ1v) is 7.76. The van der Waals surface area contributed by atoms with Gasteiger partial charge in [-0.1, -0.05) is 11.6 Å². The summed E-state index contributed by atoms with van der Waals surface area (Å²) in [6.07, 6.45) is 1.93. The van der Waals surface area contributed by atoms with Gasteiger partial charge < -0.3 is 9.47 Å². The highest BCUT2D eigenvalue weighted by atomic mass is 16.5. The molecule has 4 nitrogen and oxygen atoms in total. The Morgan fingerprint density at radius 2 is 1.79 bits per heavy atom. The lowest BCUT2D eigenvalue weighted by molar-refractivity contribution is -0.657. The summed E-state index contributed by atoms with van der Waals surface area (Å²) in [7, 11) is 3.14. The van der Waals surface area contributed by atoms with Crippen molar-refractivity contribution in [3.8, 4) is 11.5 Å². The number of fused-ring (bicyclic) bond motifs is 1. The van der Waals surface area contributed by atoms with Crippen LogP contribution in [-0.4, -0.2) is 20.0 Å². The lowest BCUT2D eigenvalue weighted by atomic mass is 10.1. The van der Waals surface area contributed by atoms with E-state index in [-0.39, 0.29) is 12.3 Å². The maximum absolute atomic E-state index is 12.7. The minimum Gasteiger partial charge on any atom is -0.493 e. The summed E-state index contributed by atoms with van der Waals surface area (Å²) >= 11 is 0. The molecule has 3 rings (SSSR count). The fourth-order valence-corrected chi connectivity index (χ4v) is 2.79. The van der Waals surface area contributed by atoms with Gasteiger partial charge in [-0.25, -0.2) is 0 Å². The molecule has 0 amide bonds. The van der Waals surface area contributed by atoms with E-state index in [1.54, 1.807) is 32.4 Å². The molecule has 0 aliphatic heterocycles. The monoisotopic (exact) mass is 322 g/mol. The van der Waals surface area contributed by atoms with Gasteiger partial charge in [0.2, 0.25) is 17.8 Å². The molecule has 1 aromatic heterocycles. The van der Waals surface area contributed by atoms with Gasteiger partial charge in [-0.3, -0.25) is 4.79 Å². The predicted molar refractivity (Wildman–Crippen MR) is 92.8 cm³/mol. The molecule has 0 bridgehead atoms. The van der Waals surface area contributed by atoms with E-state index >= 15 is 0 Å². The van der Waals surface area contributed by atoms with Gasteiger partial charge in [-0.15, -0.1) is 0 Å². The lowest BCUT2D eigenvalue weighted by Gasteiger charge is -2.08. The number of Topliss-reactive ketones (excluding diaryl/α,β-unsaturated/α-hetero) is 1. The molecular formula is C20H20NO3+. The number of nitrogens with zero attached hydrogens (tertiary/aromatic N) is 1. The number of aromatic nitrogens is 1. The number of benzene rings is 2. The van der Waals surface area contributed by atoms with Crippen molar-refractivity contribution in [2.75, 3.05) is 14.2 Å². The molecule has 0 fully saturated rings. The Kier molecular flexibility index (Phi) is 4.47. The van der Waals surface area contributed by atoms with Gasteiger partial charge >= 0.3 is 0 Å². The maximum atomic E-state index is 12.7. The van der Waals surface area contributed by atoms with Gasteiger partial charge in [-0.2, -0.15) is 4.57 Å². The molecule has 1 heterocycles. The van der Waals surface area contributed by atoms with Crippen molar-refractivity contribution in [1.29, 1.82) is 0 Å². The smallest absolute Gasteiger partial charge is 0.227 e. The van der Waals surface area contributed by atoms with Crippen LogP contribution in [0, 0.1) is 6.92 Å². The fraction of sp³-hybridized carbons (Fsp3) is 0.200. The van der Waals surface area contributed by atoms with Crippen LogP contribution in [-0.2, 0) is 6.54 Å². The highest BCUT2D eigenvalue weighted by Crippen LogP contribution is 2.27. The number of hydrogen-bond donors (Lipinski definition) is 0. The van der Waals surface area contributed by atoms with Crippen molar-refractivity contribution >= 4 is 16.7 Å². The molecule has 3 aromatic rings. The van der Waals surface area contributed by atoms with Crippen molar-refractivity contribution in [2.24, 2.45) is 0 Å². The highest BCUT2D eigenvalue weighted by molar-refractivity contribution is 5.96. The molecule has 4 heteroatoms. The number of rotatable bonds is 5. The van der Waals surface area contributed by atoms with Gasteiger partial charge in [0.05, 0.1) is 14.2 Å². The largest absolute Gasteiger partial charge is 0.493 e. The number of carbonyl (C=O) groups is 1. The third-order valence-corrected chi connectivity index (χ3v) is 4.05. The molecule has 0 saturated carbocycles. The Labute approximate surface area is 141 Å². The summed E-state index contributed by atoms with van der Waals surface area (Å²) < 4.78 is 12.5. The average molecular weight is 322 g/mol. The Morgan fingerprint density at radius 1 is 1.00 bits per heavy atom. The van der Waals surface area contributed by atoms with Crippen LogP contribution in [0.4, 0.5) is 0 Å². The van der Waals surface area contributed by atoms with Crippen LogP contribution in [0.15, 0.2) is 54.7 Å². The van der Waals surface area contributed by atoms with Crippen LogP contribution in [0.2, 0.25) is 0 Å². The van der Waals surface area contributed by atoms with E-state index in [9.17, 15) is 4.79 Å². The van der Waals surface area contributed by atoms with Crippen molar-refractivity contribution < 1.29 is 18.8 Å². The van der Waals surface area contributed by atoms with E-state index in [0.717, 1.165) is 10.9 Å². The second kappa shape index (κ2) is 6.71. The Bertz CT molecular complexity index is 903. The molecule has 0 aliphatic carbocycles. The normalized spacial score (nSPS) is 10.6. The van der Waals surface area contributed by atoms with Gasteiger partial charge in [0.25, 0.3) is 0 Å². The lowest BCUT2D eigenvalue weighted by Crippen LogP contribution is -2.38. The van der Waals surface area contributed by atoms with E-state index in [1.165, 1.54) is 5.56 Å². The zero-order valence-electron chi connectivity index (χ0n) is 14.1. The van der Waals surface area contributed by atoms with Crippen molar-refractivity contribution in [3.05, 3.63) is 65.9 Å². The Morgan fingerprint density at radius 3 is 2.54 bits per heavy atom. The van der Waals surface area contributed by atoms with Crippen molar-refractivity contribution in [1.82, 2.24) is 0 Å². The number of hydrogen-bond acceptors (Lipinski definition) is 3. The van der Waals surface area contributed by atoms with Crippen LogP contribution in [0.5, 0.6) is 11.5 Å². The van der Waals surface area contributed by atoms with E-state index in [2.05, 4.69) is 25.1 Å². The van der Waals surface area contributed by atoms with Crippen LogP contribution in [0.25, 0.3) is 10.9 Å². The highest BCUT2D eigenvalue weighted by Gasteiger charge is 2.17. The van der Waals surface area contributed by atoms with Crippen LogP contribution in [0.1, 0.15) is 15.9 Å². The van der Waals surface area contributed by atoms with E-state index < -0.39 is 0 Å². The zero-order valence-corrected chi connectivity index (χ0v) is 14.1. The topological polar surface area (TPSA) is 39.4 Å². The summed E-state index contributed by atoms with van der Waals surface area (Å²) in [6.45, 7) is 2.33. The second-order valence-corrected chi connectivity index (χ2v) is 5.69. The quantitative estimate of drug-likeness (QED) is 0.534. The van der Waals surface area contributed by atoms with Crippen LogP contribution >= 0.6 is 0 Å². The third-order valence-electron chi connectivity index (χ3n) is 4.05. The first kappa shape index (κ1) is 16.0. The number of pyridine rings is 1. The average Bonchev–Trinajstić information content (AvgIpc) is 2.60. The zero-order chi connectivity index (χ0) is 17.1. The number of aryl methyl sites for hydroxylation is 1. The summed E-state index contributed by atoms with van der Waals surface area (Å²) in [4.78, 5) is 12.7. The molecule has 0 unspecified atom stereocenters. The number of carbonyl (C=O) groups excluding carboxylic acids is 1. The second-order valence-electron chi connectivity index (χ2n) is 5.69. The first-order chi connectivity index (χ1) is 11.6. The molecule has 0 saturated heterocycles. The van der Waals surface area contributed by atoms with E-state index in [0.29, 0.717) is 17.1 Å². The summed E-state index contributed by atoms with van der Waals surface area (Å²) in [5.41, 5.74) is 2.84. The minimum atomic E-state index is 0.0222. The van der Waals surface area contributed by atoms with E-state index in [1.807, 2.05) is 22.9 Å². The molecule has 122 valence electrons. The SMILES string of the molecule is COc1ccc(C(=O)C[n+]2cccc3cc(C)ccc32)cc1OC. The summed E-state index contributed by atoms with van der Waals surface area (Å²) in [5, 5.41) is 1.12. The van der Waals surface area contributed by atoms with Crippen LogP contribution in [0.3, 0.4) is 0 Å². The molecule has 0 N–H and O–H groups in total.